The number of hydrogen-bond donors (Lipinski definition) is 3. The molecule has 0 spiro atoms. The van der Waals surface area contributed by atoms with E-state index in [0.717, 1.165) is 5.70 Å². The highest BCUT2D eigenvalue weighted by Gasteiger charge is 1.85. The van der Waals surface area contributed by atoms with Crippen molar-refractivity contribution in [3.63, 3.8) is 0 Å². The van der Waals surface area contributed by atoms with Crippen LogP contribution in [0.2, 0.25) is 0 Å². The molecule has 0 aromatic rings. The molecule has 2 N–H and O–H groups in total. The zero-order valence-corrected chi connectivity index (χ0v) is 5.48. The molecule has 0 saturated carbocycles. The van der Waals surface area contributed by atoms with Gasteiger partial charge in [0.25, 0.3) is 0 Å². The van der Waals surface area contributed by atoms with Gasteiger partial charge < -0.3 is 10.2 Å². The van der Waals surface area contributed by atoms with Gasteiger partial charge in [-0.25, -0.2) is 5.26 Å². The van der Waals surface area contributed by atoms with Crippen LogP contribution in [0.4, 0.5) is 0 Å². The highest BCUT2D eigenvalue weighted by atomic mass is 32.1. The number of rotatable bonds is 3. The Hall–Kier alpha value is -0.350. The molecule has 0 aliphatic rings. The molecule has 3 nitrogen and oxygen atoms in total. The van der Waals surface area contributed by atoms with Crippen LogP contribution in [-0.2, 0) is 4.89 Å². The summed E-state index contributed by atoms with van der Waals surface area (Å²) in [6, 6.07) is 0. The van der Waals surface area contributed by atoms with Crippen molar-refractivity contribution < 1.29 is 10.1 Å². The molecule has 0 aromatic heterocycles. The lowest BCUT2D eigenvalue weighted by atomic mass is 10.6. The van der Waals surface area contributed by atoms with E-state index in [2.05, 4.69) is 22.8 Å². The van der Waals surface area contributed by atoms with Gasteiger partial charge in [-0.2, -0.15) is 12.6 Å². The maximum atomic E-state index is 7.85. The van der Waals surface area contributed by atoms with E-state index >= 15 is 0 Å². The van der Waals surface area contributed by atoms with Gasteiger partial charge in [0, 0.05) is 12.8 Å². The van der Waals surface area contributed by atoms with E-state index in [1.54, 1.807) is 7.05 Å². The molecule has 0 unspecified atom stereocenters. The standard InChI is InChI=1S/C4H9NO2S/c1-5-4(3-8)2-7-6/h2,5-6,8H,3H2,1H3/b4-2-. The first-order chi connectivity index (χ1) is 3.85. The summed E-state index contributed by atoms with van der Waals surface area (Å²) in [5, 5.41) is 10.6. The number of hydrogen-bond acceptors (Lipinski definition) is 4. The molecular weight excluding hydrogens is 126 g/mol. The van der Waals surface area contributed by atoms with E-state index in [4.69, 9.17) is 5.26 Å². The second-order valence-corrected chi connectivity index (χ2v) is 1.47. The van der Waals surface area contributed by atoms with Crippen LogP contribution in [0.3, 0.4) is 0 Å². The largest absolute Gasteiger partial charge is 0.388 e. The molecule has 48 valence electrons. The van der Waals surface area contributed by atoms with Crippen molar-refractivity contribution in [1.82, 2.24) is 5.32 Å². The highest BCUT2D eigenvalue weighted by molar-refractivity contribution is 7.80. The summed E-state index contributed by atoms with van der Waals surface area (Å²) in [6.45, 7) is 0. The van der Waals surface area contributed by atoms with Crippen molar-refractivity contribution in [3.05, 3.63) is 12.0 Å². The minimum atomic E-state index is 0.525. The Morgan fingerprint density at radius 3 is 2.75 bits per heavy atom. The summed E-state index contributed by atoms with van der Waals surface area (Å²) in [7, 11) is 1.72. The highest BCUT2D eigenvalue weighted by Crippen LogP contribution is 1.89. The average Bonchev–Trinajstić information content (AvgIpc) is 1.83. The Morgan fingerprint density at radius 2 is 2.62 bits per heavy atom. The van der Waals surface area contributed by atoms with Crippen LogP contribution in [-0.4, -0.2) is 18.1 Å². The van der Waals surface area contributed by atoms with Gasteiger partial charge in [-0.15, -0.1) is 0 Å². The zero-order chi connectivity index (χ0) is 6.41. The molecule has 0 radical (unpaired) electrons. The first kappa shape index (κ1) is 7.65. The van der Waals surface area contributed by atoms with E-state index in [9.17, 15) is 0 Å². The number of nitrogens with one attached hydrogen (secondary N) is 1. The van der Waals surface area contributed by atoms with E-state index in [1.165, 1.54) is 6.26 Å². The summed E-state index contributed by atoms with van der Waals surface area (Å²) < 4.78 is 0. The second-order valence-electron chi connectivity index (χ2n) is 1.16. The predicted molar refractivity (Wildman–Crippen MR) is 34.7 cm³/mol. The third-order valence-corrected chi connectivity index (χ3v) is 1.03. The normalized spacial score (nSPS) is 11.1. The maximum absolute atomic E-state index is 7.85. The van der Waals surface area contributed by atoms with Gasteiger partial charge >= 0.3 is 0 Å². The molecule has 0 rings (SSSR count). The molecule has 4 heteroatoms. The lowest BCUT2D eigenvalue weighted by molar-refractivity contribution is -0.187. The fourth-order valence-corrected chi connectivity index (χ4v) is 0.472. The minimum Gasteiger partial charge on any atom is -0.388 e. The molecule has 0 aliphatic carbocycles. The molecule has 0 saturated heterocycles. The summed E-state index contributed by atoms with van der Waals surface area (Å²) in [6.07, 6.45) is 1.19. The summed E-state index contributed by atoms with van der Waals surface area (Å²) in [5.41, 5.74) is 0.732. The molecule has 0 heterocycles. The molecule has 8 heavy (non-hydrogen) atoms. The Balaban J connectivity index is 3.49. The zero-order valence-electron chi connectivity index (χ0n) is 4.59. The van der Waals surface area contributed by atoms with Gasteiger partial charge in [0.15, 0.2) is 0 Å². The van der Waals surface area contributed by atoms with Crippen LogP contribution in [0.25, 0.3) is 0 Å². The van der Waals surface area contributed by atoms with E-state index in [-0.39, 0.29) is 0 Å². The third-order valence-electron chi connectivity index (χ3n) is 0.686. The lowest BCUT2D eigenvalue weighted by Gasteiger charge is -1.97. The van der Waals surface area contributed by atoms with Crippen molar-refractivity contribution in [2.75, 3.05) is 12.8 Å². The molecule has 0 atom stereocenters. The van der Waals surface area contributed by atoms with E-state index in [0.29, 0.717) is 5.75 Å². The van der Waals surface area contributed by atoms with Gasteiger partial charge in [0.2, 0.25) is 0 Å². The van der Waals surface area contributed by atoms with Gasteiger partial charge in [0.05, 0.1) is 5.70 Å². The van der Waals surface area contributed by atoms with E-state index in [1.807, 2.05) is 0 Å². The van der Waals surface area contributed by atoms with Crippen LogP contribution in [0, 0.1) is 0 Å². The quantitative estimate of drug-likeness (QED) is 0.228. The van der Waals surface area contributed by atoms with Crippen molar-refractivity contribution >= 4 is 12.6 Å². The van der Waals surface area contributed by atoms with Gasteiger partial charge in [0.1, 0.15) is 6.26 Å². The molecular formula is C4H9NO2S. The molecule has 0 aromatic carbocycles. The topological polar surface area (TPSA) is 41.5 Å². The monoisotopic (exact) mass is 135 g/mol. The first-order valence-corrected chi connectivity index (χ1v) is 2.76. The molecule has 0 bridgehead atoms. The fraction of sp³-hybridized carbons (Fsp3) is 0.500. The Bertz CT molecular complexity index is 78.1. The first-order valence-electron chi connectivity index (χ1n) is 2.13. The molecule has 0 aliphatic heterocycles. The van der Waals surface area contributed by atoms with Crippen LogP contribution in [0.1, 0.15) is 0 Å². The van der Waals surface area contributed by atoms with Gasteiger partial charge in [-0.05, 0) is 0 Å². The predicted octanol–water partition coefficient (Wildman–Crippen LogP) is 0.467. The van der Waals surface area contributed by atoms with Gasteiger partial charge in [-0.3, -0.25) is 0 Å². The summed E-state index contributed by atoms with van der Waals surface area (Å²) in [4.78, 5) is 3.71. The van der Waals surface area contributed by atoms with E-state index < -0.39 is 0 Å². The summed E-state index contributed by atoms with van der Waals surface area (Å²) in [5.74, 6) is 0.525. The third kappa shape index (κ3) is 2.76. The maximum Gasteiger partial charge on any atom is 0.149 e. The molecule has 0 amide bonds. The SMILES string of the molecule is CN/C(=C\OO)CS. The second kappa shape index (κ2) is 4.80. The number of thiol groups is 1. The lowest BCUT2D eigenvalue weighted by Crippen LogP contribution is -2.06. The van der Waals surface area contributed by atoms with Crippen molar-refractivity contribution in [2.45, 2.75) is 0 Å². The average molecular weight is 135 g/mol. The van der Waals surface area contributed by atoms with Crippen LogP contribution in [0.15, 0.2) is 12.0 Å². The Kier molecular flexibility index (Phi) is 4.59. The minimum absolute atomic E-state index is 0.525. The van der Waals surface area contributed by atoms with Crippen molar-refractivity contribution in [2.24, 2.45) is 0 Å². The fourth-order valence-electron chi connectivity index (χ4n) is 0.239. The van der Waals surface area contributed by atoms with Crippen LogP contribution in [0.5, 0.6) is 0 Å². The smallest absolute Gasteiger partial charge is 0.149 e. The summed E-state index contributed by atoms with van der Waals surface area (Å²) >= 11 is 3.91. The van der Waals surface area contributed by atoms with Crippen molar-refractivity contribution in [1.29, 1.82) is 0 Å². The Labute approximate surface area is 53.7 Å². The van der Waals surface area contributed by atoms with Crippen LogP contribution >= 0.6 is 12.6 Å². The van der Waals surface area contributed by atoms with Gasteiger partial charge in [-0.1, -0.05) is 0 Å². The molecule has 0 fully saturated rings. The Morgan fingerprint density at radius 1 is 2.00 bits per heavy atom. The van der Waals surface area contributed by atoms with Crippen LogP contribution < -0.4 is 5.32 Å². The van der Waals surface area contributed by atoms with Crippen molar-refractivity contribution in [3.8, 4) is 0 Å².